The van der Waals surface area contributed by atoms with E-state index in [1.807, 2.05) is 18.2 Å². The van der Waals surface area contributed by atoms with Crippen LogP contribution in [0.25, 0.3) is 0 Å². The van der Waals surface area contributed by atoms with Crippen molar-refractivity contribution in [2.45, 2.75) is 18.6 Å². The highest BCUT2D eigenvalue weighted by atomic mass is 32.2. The largest absolute Gasteiger partial charge is 0.412 e. The molecule has 0 aliphatic carbocycles. The Bertz CT molecular complexity index is 232. The first-order valence-corrected chi connectivity index (χ1v) is 4.48. The van der Waals surface area contributed by atoms with Gasteiger partial charge in [0.25, 0.3) is 0 Å². The lowest BCUT2D eigenvalue weighted by atomic mass is 10.0. The predicted molar refractivity (Wildman–Crippen MR) is 60.6 cm³/mol. The standard InChI is InChI=1S/C9H13NS.2H2O.H2/c1-9(2,11-10)8-6-4-3-5-7-8;;;/h3-7H,10H2,1-2H3;2*1H2;1H. The van der Waals surface area contributed by atoms with Gasteiger partial charge in [-0.1, -0.05) is 42.3 Å². The zero-order chi connectivity index (χ0) is 8.32. The number of rotatable bonds is 2. The minimum absolute atomic E-state index is 0. The van der Waals surface area contributed by atoms with Crippen molar-refractivity contribution in [2.24, 2.45) is 5.14 Å². The number of hydrogen-bond donors (Lipinski definition) is 1. The molecule has 0 atom stereocenters. The normalized spacial score (nSPS) is 9.77. The summed E-state index contributed by atoms with van der Waals surface area (Å²) in [5.41, 5.74) is 1.27. The summed E-state index contributed by atoms with van der Waals surface area (Å²) >= 11 is 1.38. The molecule has 0 saturated heterocycles. The van der Waals surface area contributed by atoms with Crippen molar-refractivity contribution < 1.29 is 12.4 Å². The van der Waals surface area contributed by atoms with Gasteiger partial charge in [-0.25, -0.2) is 0 Å². The maximum atomic E-state index is 5.55. The molecule has 0 saturated carbocycles. The summed E-state index contributed by atoms with van der Waals surface area (Å²) in [4.78, 5) is 0. The van der Waals surface area contributed by atoms with Crippen LogP contribution in [-0.2, 0) is 4.75 Å². The SMILES string of the molecule is CC(C)(SN)c1ccccc1.O.O.[HH]. The maximum Gasteiger partial charge on any atom is 0.0494 e. The first-order valence-electron chi connectivity index (χ1n) is 3.60. The van der Waals surface area contributed by atoms with Gasteiger partial charge >= 0.3 is 0 Å². The fourth-order valence-corrected chi connectivity index (χ4v) is 1.18. The minimum Gasteiger partial charge on any atom is -0.412 e. The summed E-state index contributed by atoms with van der Waals surface area (Å²) in [6.45, 7) is 4.24. The molecule has 13 heavy (non-hydrogen) atoms. The molecule has 1 rings (SSSR count). The second-order valence-electron chi connectivity index (χ2n) is 2.99. The highest BCUT2D eigenvalue weighted by Crippen LogP contribution is 2.30. The van der Waals surface area contributed by atoms with Crippen LogP contribution in [-0.4, -0.2) is 11.0 Å². The van der Waals surface area contributed by atoms with Crippen LogP contribution in [0, 0.1) is 0 Å². The lowest BCUT2D eigenvalue weighted by molar-refractivity contribution is 0.783. The van der Waals surface area contributed by atoms with Gasteiger partial charge in [0.2, 0.25) is 0 Å². The third kappa shape index (κ3) is 3.78. The van der Waals surface area contributed by atoms with Crippen LogP contribution in [0.1, 0.15) is 20.8 Å². The van der Waals surface area contributed by atoms with Gasteiger partial charge < -0.3 is 11.0 Å². The fourth-order valence-electron chi connectivity index (χ4n) is 0.908. The van der Waals surface area contributed by atoms with Gasteiger partial charge in [0.1, 0.15) is 0 Å². The third-order valence-corrected chi connectivity index (χ3v) is 2.59. The maximum absolute atomic E-state index is 5.55. The van der Waals surface area contributed by atoms with Gasteiger partial charge in [0.05, 0.1) is 0 Å². The average molecular weight is 205 g/mol. The molecule has 6 N–H and O–H groups in total. The van der Waals surface area contributed by atoms with E-state index in [1.54, 1.807) is 0 Å². The van der Waals surface area contributed by atoms with Crippen molar-refractivity contribution in [1.82, 2.24) is 0 Å². The predicted octanol–water partition coefficient (Wildman–Crippen LogP) is 1.13. The number of nitrogens with two attached hydrogens (primary N) is 1. The van der Waals surface area contributed by atoms with Crippen molar-refractivity contribution in [1.29, 1.82) is 0 Å². The summed E-state index contributed by atoms with van der Waals surface area (Å²) in [6, 6.07) is 10.3. The first-order chi connectivity index (χ1) is 5.17. The van der Waals surface area contributed by atoms with Gasteiger partial charge in [-0.05, 0) is 19.4 Å². The van der Waals surface area contributed by atoms with Crippen molar-refractivity contribution in [3.05, 3.63) is 35.9 Å². The van der Waals surface area contributed by atoms with Crippen molar-refractivity contribution in [3.63, 3.8) is 0 Å². The van der Waals surface area contributed by atoms with Crippen LogP contribution in [0.5, 0.6) is 0 Å². The van der Waals surface area contributed by atoms with E-state index >= 15 is 0 Å². The molecule has 1 aromatic rings. The van der Waals surface area contributed by atoms with Crippen LogP contribution in [0.15, 0.2) is 30.3 Å². The molecule has 0 fully saturated rings. The average Bonchev–Trinajstić information content (AvgIpc) is 2.06. The Morgan fingerprint density at radius 3 is 2.00 bits per heavy atom. The summed E-state index contributed by atoms with van der Waals surface area (Å²) in [5.74, 6) is 0. The monoisotopic (exact) mass is 205 g/mol. The second-order valence-corrected chi connectivity index (χ2v) is 4.25. The highest BCUT2D eigenvalue weighted by Gasteiger charge is 2.18. The van der Waals surface area contributed by atoms with Crippen LogP contribution >= 0.6 is 11.9 Å². The Labute approximate surface area is 84.6 Å². The molecular formula is C9H19NO2S. The van der Waals surface area contributed by atoms with E-state index in [9.17, 15) is 0 Å². The molecule has 78 valence electrons. The molecule has 1 aromatic carbocycles. The summed E-state index contributed by atoms with van der Waals surface area (Å²) < 4.78 is 0.0290. The number of hydrogen-bond acceptors (Lipinski definition) is 2. The third-order valence-electron chi connectivity index (χ3n) is 1.76. The highest BCUT2D eigenvalue weighted by molar-refractivity contribution is 7.98. The molecule has 4 heteroatoms. The van der Waals surface area contributed by atoms with Crippen LogP contribution in [0.3, 0.4) is 0 Å². The summed E-state index contributed by atoms with van der Waals surface area (Å²) in [6.07, 6.45) is 0. The van der Waals surface area contributed by atoms with Gasteiger partial charge in [-0.3, -0.25) is 5.14 Å². The topological polar surface area (TPSA) is 89.0 Å². The van der Waals surface area contributed by atoms with Gasteiger partial charge in [0.15, 0.2) is 0 Å². The molecule has 0 amide bonds. The molecule has 0 bridgehead atoms. The van der Waals surface area contributed by atoms with Crippen LogP contribution in [0.4, 0.5) is 0 Å². The van der Waals surface area contributed by atoms with Crippen LogP contribution in [0.2, 0.25) is 0 Å². The second kappa shape index (κ2) is 5.99. The molecule has 3 nitrogen and oxygen atoms in total. The smallest absolute Gasteiger partial charge is 0.0494 e. The van der Waals surface area contributed by atoms with E-state index in [0.29, 0.717) is 0 Å². The molecule has 0 unspecified atom stereocenters. The quantitative estimate of drug-likeness (QED) is 0.733. The minimum atomic E-state index is 0. The molecule has 0 heterocycles. The van der Waals surface area contributed by atoms with Gasteiger partial charge in [0, 0.05) is 6.17 Å². The Morgan fingerprint density at radius 2 is 1.62 bits per heavy atom. The van der Waals surface area contributed by atoms with E-state index in [0.717, 1.165) is 0 Å². The molecule has 0 aliphatic rings. The Hall–Kier alpha value is -0.550. The zero-order valence-electron chi connectivity index (χ0n) is 7.87. The van der Waals surface area contributed by atoms with E-state index in [4.69, 9.17) is 5.14 Å². The zero-order valence-corrected chi connectivity index (χ0v) is 8.69. The first kappa shape index (κ1) is 14.9. The van der Waals surface area contributed by atoms with Gasteiger partial charge in [-0.2, -0.15) is 0 Å². The molecule has 0 aromatic heterocycles. The summed E-state index contributed by atoms with van der Waals surface area (Å²) in [7, 11) is 0. The molecular weight excluding hydrogens is 186 g/mol. The molecule has 0 spiro atoms. The van der Waals surface area contributed by atoms with Gasteiger partial charge in [-0.15, -0.1) is 0 Å². The Morgan fingerprint density at radius 1 is 1.15 bits per heavy atom. The van der Waals surface area contributed by atoms with E-state index in [-0.39, 0.29) is 17.1 Å². The van der Waals surface area contributed by atoms with Crippen molar-refractivity contribution >= 4 is 11.9 Å². The van der Waals surface area contributed by atoms with E-state index in [2.05, 4.69) is 26.0 Å². The van der Waals surface area contributed by atoms with Crippen molar-refractivity contribution in [3.8, 4) is 0 Å². The fraction of sp³-hybridized carbons (Fsp3) is 0.333. The lowest BCUT2D eigenvalue weighted by Gasteiger charge is -2.21. The Kier molecular flexibility index (Phi) is 6.89. The Balaban J connectivity index is -0.000000403. The summed E-state index contributed by atoms with van der Waals surface area (Å²) in [5, 5.41) is 5.55. The molecule has 0 aliphatic heterocycles. The number of benzene rings is 1. The molecule has 0 radical (unpaired) electrons. The van der Waals surface area contributed by atoms with E-state index < -0.39 is 0 Å². The van der Waals surface area contributed by atoms with Crippen LogP contribution < -0.4 is 5.14 Å². The van der Waals surface area contributed by atoms with Crippen molar-refractivity contribution in [2.75, 3.05) is 0 Å². The lowest BCUT2D eigenvalue weighted by Crippen LogP contribution is -2.14. The van der Waals surface area contributed by atoms with E-state index in [1.165, 1.54) is 17.5 Å².